The molecule has 0 aliphatic rings. The third-order valence-corrected chi connectivity index (χ3v) is 2.68. The molecule has 0 saturated heterocycles. The van der Waals surface area contributed by atoms with Crippen LogP contribution >= 0.6 is 0 Å². The van der Waals surface area contributed by atoms with E-state index in [1.165, 1.54) is 18.3 Å². The molecule has 1 heterocycles. The smallest absolute Gasteiger partial charge is 0.339 e. The molecule has 1 unspecified atom stereocenters. The lowest BCUT2D eigenvalue weighted by molar-refractivity contribution is 0.0697. The van der Waals surface area contributed by atoms with Crippen molar-refractivity contribution in [2.24, 2.45) is 0 Å². The quantitative estimate of drug-likeness (QED) is 0.884. The van der Waals surface area contributed by atoms with E-state index in [2.05, 4.69) is 15.5 Å². The van der Waals surface area contributed by atoms with Gasteiger partial charge in [-0.25, -0.2) is 9.18 Å². The first-order valence-electron chi connectivity index (χ1n) is 5.65. The number of carboxylic acid groups (broad SMARTS) is 1. The molecular formula is C13H12FN3O2. The van der Waals surface area contributed by atoms with E-state index in [0.717, 1.165) is 0 Å². The maximum absolute atomic E-state index is 13.6. The summed E-state index contributed by atoms with van der Waals surface area (Å²) >= 11 is 0. The highest BCUT2D eigenvalue weighted by Gasteiger charge is 2.16. The van der Waals surface area contributed by atoms with Gasteiger partial charge in [0, 0.05) is 5.56 Å². The zero-order valence-corrected chi connectivity index (χ0v) is 10.2. The third-order valence-electron chi connectivity index (χ3n) is 2.68. The molecule has 0 bridgehead atoms. The third kappa shape index (κ3) is 2.85. The molecule has 98 valence electrons. The summed E-state index contributed by atoms with van der Waals surface area (Å²) in [4.78, 5) is 11.0. The van der Waals surface area contributed by atoms with Gasteiger partial charge in [0.05, 0.1) is 12.2 Å². The van der Waals surface area contributed by atoms with Gasteiger partial charge in [0.15, 0.2) is 5.82 Å². The van der Waals surface area contributed by atoms with E-state index in [1.54, 1.807) is 25.1 Å². The fourth-order valence-electron chi connectivity index (χ4n) is 1.72. The van der Waals surface area contributed by atoms with Gasteiger partial charge in [-0.1, -0.05) is 18.2 Å². The predicted molar refractivity (Wildman–Crippen MR) is 67.4 cm³/mol. The number of nitrogens with zero attached hydrogens (tertiary/aromatic N) is 2. The second kappa shape index (κ2) is 5.43. The Hall–Kier alpha value is -2.50. The maximum Gasteiger partial charge on any atom is 0.339 e. The molecule has 0 saturated carbocycles. The maximum atomic E-state index is 13.6. The molecule has 1 atom stereocenters. The van der Waals surface area contributed by atoms with Crippen LogP contribution in [-0.2, 0) is 0 Å². The number of carbonyl (C=O) groups is 1. The van der Waals surface area contributed by atoms with E-state index in [1.807, 2.05) is 0 Å². The van der Waals surface area contributed by atoms with E-state index in [9.17, 15) is 9.18 Å². The fourth-order valence-corrected chi connectivity index (χ4v) is 1.72. The van der Waals surface area contributed by atoms with Crippen molar-refractivity contribution in [3.8, 4) is 0 Å². The van der Waals surface area contributed by atoms with Crippen LogP contribution < -0.4 is 5.32 Å². The van der Waals surface area contributed by atoms with Gasteiger partial charge in [0.2, 0.25) is 0 Å². The summed E-state index contributed by atoms with van der Waals surface area (Å²) in [6, 6.07) is 7.20. The van der Waals surface area contributed by atoms with Gasteiger partial charge < -0.3 is 10.4 Å². The average Bonchev–Trinajstić information content (AvgIpc) is 2.39. The summed E-state index contributed by atoms with van der Waals surface area (Å²) in [5.74, 6) is -1.35. The van der Waals surface area contributed by atoms with Gasteiger partial charge in [-0.05, 0) is 19.1 Å². The summed E-state index contributed by atoms with van der Waals surface area (Å²) in [6.45, 7) is 1.72. The minimum atomic E-state index is -1.11. The zero-order valence-electron chi connectivity index (χ0n) is 10.2. The van der Waals surface area contributed by atoms with Crippen LogP contribution in [0.1, 0.15) is 28.9 Å². The molecule has 6 heteroatoms. The standard InChI is InChI=1S/C13H12FN3O2/c1-8(9-4-2-3-5-11(9)14)16-12-10(13(18)19)6-7-15-17-12/h2-8H,1H3,(H,16,17)(H,18,19). The summed E-state index contributed by atoms with van der Waals surface area (Å²) in [7, 11) is 0. The molecule has 0 fully saturated rings. The number of nitrogens with one attached hydrogen (secondary N) is 1. The average molecular weight is 261 g/mol. The van der Waals surface area contributed by atoms with Gasteiger partial charge in [0.25, 0.3) is 0 Å². The van der Waals surface area contributed by atoms with Crippen molar-refractivity contribution in [1.29, 1.82) is 0 Å². The number of benzene rings is 1. The van der Waals surface area contributed by atoms with Crippen molar-refractivity contribution in [2.75, 3.05) is 5.32 Å². The number of halogens is 1. The molecule has 0 aliphatic carbocycles. The Morgan fingerprint density at radius 3 is 2.79 bits per heavy atom. The second-order valence-corrected chi connectivity index (χ2v) is 3.99. The number of carboxylic acids is 1. The van der Waals surface area contributed by atoms with E-state index in [0.29, 0.717) is 5.56 Å². The van der Waals surface area contributed by atoms with E-state index >= 15 is 0 Å². The van der Waals surface area contributed by atoms with Crippen LogP contribution in [0.4, 0.5) is 10.2 Å². The van der Waals surface area contributed by atoms with Crippen molar-refractivity contribution in [2.45, 2.75) is 13.0 Å². The zero-order chi connectivity index (χ0) is 13.8. The summed E-state index contributed by atoms with van der Waals surface area (Å²) in [5, 5.41) is 19.2. The minimum absolute atomic E-state index is 0.00168. The van der Waals surface area contributed by atoms with Crippen LogP contribution in [0.15, 0.2) is 36.5 Å². The van der Waals surface area contributed by atoms with Crippen LogP contribution in [0.5, 0.6) is 0 Å². The molecule has 1 aromatic heterocycles. The lowest BCUT2D eigenvalue weighted by atomic mass is 10.1. The Balaban J connectivity index is 2.27. The highest BCUT2D eigenvalue weighted by molar-refractivity contribution is 5.92. The molecule has 1 aromatic carbocycles. The predicted octanol–water partition coefficient (Wildman–Crippen LogP) is 2.49. The molecular weight excluding hydrogens is 249 g/mol. The summed E-state index contributed by atoms with van der Waals surface area (Å²) in [6.07, 6.45) is 1.29. The largest absolute Gasteiger partial charge is 0.478 e. The molecule has 2 rings (SSSR count). The number of hydrogen-bond donors (Lipinski definition) is 2. The highest BCUT2D eigenvalue weighted by atomic mass is 19.1. The van der Waals surface area contributed by atoms with Gasteiger partial charge in [-0.2, -0.15) is 5.10 Å². The number of aromatic carboxylic acids is 1. The Kier molecular flexibility index (Phi) is 3.70. The van der Waals surface area contributed by atoms with Crippen molar-refractivity contribution in [1.82, 2.24) is 10.2 Å². The SMILES string of the molecule is CC(Nc1nnccc1C(=O)O)c1ccccc1F. The Bertz CT molecular complexity index is 604. The van der Waals surface area contributed by atoms with Gasteiger partial charge in [-0.15, -0.1) is 5.10 Å². The Morgan fingerprint density at radius 1 is 1.37 bits per heavy atom. The molecule has 0 spiro atoms. The van der Waals surface area contributed by atoms with E-state index in [-0.39, 0.29) is 17.2 Å². The number of aromatic nitrogens is 2. The first kappa shape index (κ1) is 12.9. The first-order chi connectivity index (χ1) is 9.09. The fraction of sp³-hybridized carbons (Fsp3) is 0.154. The van der Waals surface area contributed by atoms with E-state index < -0.39 is 12.0 Å². The van der Waals surface area contributed by atoms with Crippen LogP contribution in [0.25, 0.3) is 0 Å². The lowest BCUT2D eigenvalue weighted by Crippen LogP contribution is -2.13. The highest BCUT2D eigenvalue weighted by Crippen LogP contribution is 2.22. The van der Waals surface area contributed by atoms with Crippen molar-refractivity contribution < 1.29 is 14.3 Å². The molecule has 2 N–H and O–H groups in total. The van der Waals surface area contributed by atoms with Gasteiger partial charge in [0.1, 0.15) is 11.4 Å². The van der Waals surface area contributed by atoms with Gasteiger partial charge >= 0.3 is 5.97 Å². The van der Waals surface area contributed by atoms with Crippen LogP contribution in [-0.4, -0.2) is 21.3 Å². The molecule has 5 nitrogen and oxygen atoms in total. The second-order valence-electron chi connectivity index (χ2n) is 3.99. The van der Waals surface area contributed by atoms with Crippen LogP contribution in [0, 0.1) is 5.82 Å². The number of anilines is 1. The lowest BCUT2D eigenvalue weighted by Gasteiger charge is -2.16. The number of rotatable bonds is 4. The summed E-state index contributed by atoms with van der Waals surface area (Å²) in [5.41, 5.74) is 0.433. The molecule has 0 radical (unpaired) electrons. The van der Waals surface area contributed by atoms with Gasteiger partial charge in [-0.3, -0.25) is 0 Å². The monoisotopic (exact) mass is 261 g/mol. The van der Waals surface area contributed by atoms with Crippen molar-refractivity contribution in [3.63, 3.8) is 0 Å². The Morgan fingerprint density at radius 2 is 2.11 bits per heavy atom. The molecule has 0 amide bonds. The topological polar surface area (TPSA) is 75.1 Å². The van der Waals surface area contributed by atoms with E-state index in [4.69, 9.17) is 5.11 Å². The first-order valence-corrected chi connectivity index (χ1v) is 5.65. The van der Waals surface area contributed by atoms with Crippen LogP contribution in [0.2, 0.25) is 0 Å². The molecule has 0 aliphatic heterocycles. The van der Waals surface area contributed by atoms with Crippen molar-refractivity contribution >= 4 is 11.8 Å². The normalized spacial score (nSPS) is 11.9. The number of hydrogen-bond acceptors (Lipinski definition) is 4. The van der Waals surface area contributed by atoms with Crippen molar-refractivity contribution in [3.05, 3.63) is 53.5 Å². The molecule has 2 aromatic rings. The minimum Gasteiger partial charge on any atom is -0.478 e. The van der Waals surface area contributed by atoms with Crippen LogP contribution in [0.3, 0.4) is 0 Å². The summed E-state index contributed by atoms with van der Waals surface area (Å²) < 4.78 is 13.6. The Labute approximate surface area is 109 Å². The molecule has 19 heavy (non-hydrogen) atoms.